The van der Waals surface area contributed by atoms with Crippen molar-refractivity contribution >= 4 is 38.7 Å². The number of rotatable bonds is 5. The van der Waals surface area contributed by atoms with E-state index < -0.39 is 4.92 Å². The minimum Gasteiger partial charge on any atom is -0.339 e. The number of nitrogens with zero attached hydrogens (tertiary/aromatic N) is 3. The monoisotopic (exact) mass is 424 g/mol. The molecule has 2 heterocycles. The second-order valence-corrected chi connectivity index (χ2v) is 7.79. The highest BCUT2D eigenvalue weighted by molar-refractivity contribution is 7.17. The zero-order valence-electron chi connectivity index (χ0n) is 16.2. The van der Waals surface area contributed by atoms with Crippen molar-refractivity contribution in [1.29, 1.82) is 0 Å². The van der Waals surface area contributed by atoms with E-state index in [1.54, 1.807) is 23.5 Å². The highest BCUT2D eigenvalue weighted by Crippen LogP contribution is 2.38. The minimum absolute atomic E-state index is 0.0253. The first kappa shape index (κ1) is 18.9. The Morgan fingerprint density at radius 2 is 1.58 bits per heavy atom. The number of benzene rings is 3. The quantitative estimate of drug-likeness (QED) is 0.251. The van der Waals surface area contributed by atoms with Gasteiger partial charge in [0.2, 0.25) is 0 Å². The predicted octanol–water partition coefficient (Wildman–Crippen LogP) is 6.68. The maximum atomic E-state index is 11.1. The van der Waals surface area contributed by atoms with Crippen LogP contribution in [-0.4, -0.2) is 14.9 Å². The summed E-state index contributed by atoms with van der Waals surface area (Å²) in [5, 5.41) is 17.3. The van der Waals surface area contributed by atoms with Crippen LogP contribution in [0.15, 0.2) is 90.6 Å². The molecule has 150 valence electrons. The van der Waals surface area contributed by atoms with Gasteiger partial charge in [-0.1, -0.05) is 60.7 Å². The highest BCUT2D eigenvalue weighted by Gasteiger charge is 2.14. The number of hydrogen-bond acceptors (Lipinski definition) is 6. The van der Waals surface area contributed by atoms with Crippen LogP contribution < -0.4 is 5.32 Å². The molecule has 0 radical (unpaired) electrons. The van der Waals surface area contributed by atoms with E-state index in [1.807, 2.05) is 18.2 Å². The second kappa shape index (κ2) is 7.97. The SMILES string of the molecule is O=[N+]([O-])c1cccc(Nc2ncnc3scc(-c4ccc(-c5ccccc5)cc4)c23)c1. The van der Waals surface area contributed by atoms with E-state index in [2.05, 4.69) is 57.1 Å². The van der Waals surface area contributed by atoms with Crippen molar-refractivity contribution in [2.45, 2.75) is 0 Å². The normalized spacial score (nSPS) is 10.8. The fraction of sp³-hybridized carbons (Fsp3) is 0. The molecule has 0 aliphatic rings. The highest BCUT2D eigenvalue weighted by atomic mass is 32.1. The van der Waals surface area contributed by atoms with Crippen molar-refractivity contribution in [1.82, 2.24) is 9.97 Å². The molecule has 5 aromatic rings. The van der Waals surface area contributed by atoms with E-state index in [-0.39, 0.29) is 5.69 Å². The number of fused-ring (bicyclic) bond motifs is 1. The Bertz CT molecular complexity index is 1380. The van der Waals surface area contributed by atoms with Crippen LogP contribution in [0.1, 0.15) is 0 Å². The van der Waals surface area contributed by atoms with E-state index in [0.29, 0.717) is 11.5 Å². The van der Waals surface area contributed by atoms with Crippen molar-refractivity contribution < 1.29 is 4.92 Å². The fourth-order valence-electron chi connectivity index (χ4n) is 3.49. The molecular formula is C24H16N4O2S. The van der Waals surface area contributed by atoms with Gasteiger partial charge >= 0.3 is 0 Å². The number of non-ortho nitro benzene ring substituents is 1. The molecule has 0 aliphatic heterocycles. The Morgan fingerprint density at radius 1 is 0.839 bits per heavy atom. The molecule has 6 nitrogen and oxygen atoms in total. The van der Waals surface area contributed by atoms with Gasteiger partial charge in [-0.05, 0) is 22.8 Å². The van der Waals surface area contributed by atoms with Crippen LogP contribution in [0, 0.1) is 10.1 Å². The Labute approximate surface area is 182 Å². The third-order valence-electron chi connectivity index (χ3n) is 4.99. The molecule has 0 atom stereocenters. The van der Waals surface area contributed by atoms with Gasteiger partial charge in [0.1, 0.15) is 17.0 Å². The second-order valence-electron chi connectivity index (χ2n) is 6.93. The van der Waals surface area contributed by atoms with E-state index in [0.717, 1.165) is 26.9 Å². The predicted molar refractivity (Wildman–Crippen MR) is 125 cm³/mol. The Hall–Kier alpha value is -4.10. The van der Waals surface area contributed by atoms with E-state index in [4.69, 9.17) is 0 Å². The lowest BCUT2D eigenvalue weighted by molar-refractivity contribution is -0.384. The van der Waals surface area contributed by atoms with Crippen LogP contribution in [0.2, 0.25) is 0 Å². The van der Waals surface area contributed by atoms with E-state index in [1.165, 1.54) is 24.0 Å². The maximum absolute atomic E-state index is 11.1. The van der Waals surface area contributed by atoms with Gasteiger partial charge in [0, 0.05) is 28.8 Å². The van der Waals surface area contributed by atoms with Gasteiger partial charge in [0.15, 0.2) is 0 Å². The topological polar surface area (TPSA) is 81.0 Å². The fourth-order valence-corrected chi connectivity index (χ4v) is 4.41. The summed E-state index contributed by atoms with van der Waals surface area (Å²) in [7, 11) is 0. The van der Waals surface area contributed by atoms with Gasteiger partial charge < -0.3 is 5.32 Å². The molecule has 31 heavy (non-hydrogen) atoms. The molecule has 0 amide bonds. The summed E-state index contributed by atoms with van der Waals surface area (Å²) in [6.07, 6.45) is 1.50. The Kier molecular flexibility index (Phi) is 4.86. The number of anilines is 2. The van der Waals surface area contributed by atoms with Crippen LogP contribution in [0.5, 0.6) is 0 Å². The molecular weight excluding hydrogens is 408 g/mol. The Balaban J connectivity index is 1.54. The molecule has 0 saturated heterocycles. The summed E-state index contributed by atoms with van der Waals surface area (Å²) in [6.45, 7) is 0. The van der Waals surface area contributed by atoms with Gasteiger partial charge in [0.05, 0.1) is 10.3 Å². The standard InChI is InChI=1S/C24H16N4O2S/c29-28(30)20-8-4-7-19(13-20)27-23-22-21(14-31-24(22)26-15-25-23)18-11-9-17(10-12-18)16-5-2-1-3-6-16/h1-15H,(H,25,26,27). The van der Waals surface area contributed by atoms with E-state index >= 15 is 0 Å². The number of thiophene rings is 1. The molecule has 0 fully saturated rings. The average Bonchev–Trinajstić information content (AvgIpc) is 3.25. The number of nitrogens with one attached hydrogen (secondary N) is 1. The van der Waals surface area contributed by atoms with Crippen molar-refractivity contribution in [3.8, 4) is 22.3 Å². The van der Waals surface area contributed by atoms with Crippen molar-refractivity contribution in [2.75, 3.05) is 5.32 Å². The molecule has 2 aromatic heterocycles. The molecule has 3 aromatic carbocycles. The number of nitro groups is 1. The van der Waals surface area contributed by atoms with Crippen LogP contribution in [0.4, 0.5) is 17.2 Å². The summed E-state index contributed by atoms with van der Waals surface area (Å²) in [5.41, 5.74) is 5.02. The first-order valence-corrected chi connectivity index (χ1v) is 10.5. The molecule has 0 aliphatic carbocycles. The van der Waals surface area contributed by atoms with Crippen molar-refractivity contribution in [3.05, 3.63) is 101 Å². The summed E-state index contributed by atoms with van der Waals surface area (Å²) < 4.78 is 0. The number of hydrogen-bond donors (Lipinski definition) is 1. The lowest BCUT2D eigenvalue weighted by Crippen LogP contribution is -1.96. The van der Waals surface area contributed by atoms with Crippen LogP contribution in [0.3, 0.4) is 0 Å². The lowest BCUT2D eigenvalue weighted by Gasteiger charge is -2.09. The van der Waals surface area contributed by atoms with Gasteiger partial charge in [-0.25, -0.2) is 9.97 Å². The third kappa shape index (κ3) is 3.74. The van der Waals surface area contributed by atoms with Gasteiger partial charge in [-0.2, -0.15) is 0 Å². The summed E-state index contributed by atoms with van der Waals surface area (Å²) in [6, 6.07) is 25.0. The first-order chi connectivity index (χ1) is 15.2. The lowest BCUT2D eigenvalue weighted by atomic mass is 10.0. The summed E-state index contributed by atoms with van der Waals surface area (Å²) in [5.74, 6) is 0.619. The van der Waals surface area contributed by atoms with Crippen LogP contribution in [0.25, 0.3) is 32.5 Å². The summed E-state index contributed by atoms with van der Waals surface area (Å²) >= 11 is 1.54. The maximum Gasteiger partial charge on any atom is 0.271 e. The molecule has 0 unspecified atom stereocenters. The largest absolute Gasteiger partial charge is 0.339 e. The number of nitro benzene ring substituents is 1. The van der Waals surface area contributed by atoms with Gasteiger partial charge in [-0.15, -0.1) is 11.3 Å². The van der Waals surface area contributed by atoms with Crippen LogP contribution in [-0.2, 0) is 0 Å². The van der Waals surface area contributed by atoms with Crippen molar-refractivity contribution in [2.24, 2.45) is 0 Å². The average molecular weight is 424 g/mol. The van der Waals surface area contributed by atoms with Gasteiger partial charge in [0.25, 0.3) is 5.69 Å². The Morgan fingerprint density at radius 3 is 2.35 bits per heavy atom. The summed E-state index contributed by atoms with van der Waals surface area (Å²) in [4.78, 5) is 20.4. The first-order valence-electron chi connectivity index (χ1n) is 9.58. The molecule has 0 saturated carbocycles. The smallest absolute Gasteiger partial charge is 0.271 e. The van der Waals surface area contributed by atoms with Crippen molar-refractivity contribution in [3.63, 3.8) is 0 Å². The van der Waals surface area contributed by atoms with E-state index in [9.17, 15) is 10.1 Å². The minimum atomic E-state index is -0.412. The van der Waals surface area contributed by atoms with Gasteiger partial charge in [-0.3, -0.25) is 10.1 Å². The zero-order chi connectivity index (χ0) is 21.2. The molecule has 5 rings (SSSR count). The molecule has 0 spiro atoms. The molecule has 7 heteroatoms. The molecule has 1 N–H and O–H groups in total. The third-order valence-corrected chi connectivity index (χ3v) is 5.88. The van der Waals surface area contributed by atoms with Crippen LogP contribution >= 0.6 is 11.3 Å². The zero-order valence-corrected chi connectivity index (χ0v) is 17.0. The molecule has 0 bridgehead atoms. The number of aromatic nitrogens is 2.